The first-order valence-corrected chi connectivity index (χ1v) is 6.77. The molecular weight excluding hydrogens is 252 g/mol. The van der Waals surface area contributed by atoms with Crippen LogP contribution in [0, 0.1) is 0 Å². The van der Waals surface area contributed by atoms with Crippen LogP contribution in [0.5, 0.6) is 0 Å². The van der Waals surface area contributed by atoms with Gasteiger partial charge in [0.15, 0.2) is 0 Å². The van der Waals surface area contributed by atoms with E-state index < -0.39 is 0 Å². The third kappa shape index (κ3) is 15.3. The van der Waals surface area contributed by atoms with Crippen molar-refractivity contribution >= 4 is 5.97 Å². The molecule has 0 radical (unpaired) electrons. The second-order valence-corrected chi connectivity index (χ2v) is 3.69. The summed E-state index contributed by atoms with van der Waals surface area (Å²) in [6, 6.07) is 0. The fourth-order valence-electron chi connectivity index (χ4n) is 1.16. The molecule has 0 N–H and O–H groups in total. The van der Waals surface area contributed by atoms with Crippen molar-refractivity contribution < 1.29 is 28.5 Å². The molecule has 0 amide bonds. The molecule has 0 rings (SSSR count). The molecule has 0 unspecified atom stereocenters. The van der Waals surface area contributed by atoms with Gasteiger partial charge in [0.2, 0.25) is 0 Å². The number of ether oxygens (including phenoxy) is 5. The molecular formula is C13H26O6. The topological polar surface area (TPSA) is 63.2 Å². The molecule has 0 saturated heterocycles. The van der Waals surface area contributed by atoms with E-state index in [2.05, 4.69) is 6.92 Å². The molecule has 0 spiro atoms. The van der Waals surface area contributed by atoms with Gasteiger partial charge in [0.1, 0.15) is 6.61 Å². The van der Waals surface area contributed by atoms with E-state index in [-0.39, 0.29) is 12.6 Å². The Bertz CT molecular complexity index is 198. The Morgan fingerprint density at radius 1 is 0.737 bits per heavy atom. The summed E-state index contributed by atoms with van der Waals surface area (Å²) in [6.07, 6.45) is 1.02. The maximum Gasteiger partial charge on any atom is 0.332 e. The van der Waals surface area contributed by atoms with Crippen LogP contribution in [0.1, 0.15) is 20.3 Å². The highest BCUT2D eigenvalue weighted by molar-refractivity contribution is 5.70. The molecule has 0 fully saturated rings. The van der Waals surface area contributed by atoms with Crippen LogP contribution in [0.3, 0.4) is 0 Å². The van der Waals surface area contributed by atoms with Crippen molar-refractivity contribution in [3.63, 3.8) is 0 Å². The van der Waals surface area contributed by atoms with Crippen molar-refractivity contribution in [1.82, 2.24) is 0 Å². The Morgan fingerprint density at radius 3 is 1.68 bits per heavy atom. The number of esters is 1. The summed E-state index contributed by atoms with van der Waals surface area (Å²) < 4.78 is 25.6. The highest BCUT2D eigenvalue weighted by Crippen LogP contribution is 1.85. The Kier molecular flexibility index (Phi) is 14.8. The zero-order valence-corrected chi connectivity index (χ0v) is 12.0. The monoisotopic (exact) mass is 278 g/mol. The van der Waals surface area contributed by atoms with Gasteiger partial charge in [-0.25, -0.2) is 4.79 Å². The predicted molar refractivity (Wildman–Crippen MR) is 70.2 cm³/mol. The summed E-state index contributed by atoms with van der Waals surface area (Å²) >= 11 is 0. The summed E-state index contributed by atoms with van der Waals surface area (Å²) in [7, 11) is 0. The molecule has 0 aromatic rings. The van der Waals surface area contributed by atoms with Gasteiger partial charge >= 0.3 is 5.97 Å². The highest BCUT2D eigenvalue weighted by Gasteiger charge is 2.00. The van der Waals surface area contributed by atoms with Gasteiger partial charge in [0, 0.05) is 6.61 Å². The second-order valence-electron chi connectivity index (χ2n) is 3.69. The van der Waals surface area contributed by atoms with E-state index in [1.54, 1.807) is 6.92 Å². The lowest BCUT2D eigenvalue weighted by atomic mass is 10.5. The zero-order chi connectivity index (χ0) is 14.2. The van der Waals surface area contributed by atoms with Crippen molar-refractivity contribution in [2.24, 2.45) is 0 Å². The number of rotatable bonds is 14. The molecule has 0 saturated carbocycles. The van der Waals surface area contributed by atoms with E-state index in [9.17, 15) is 4.79 Å². The first kappa shape index (κ1) is 18.3. The lowest BCUT2D eigenvalue weighted by Gasteiger charge is -2.07. The minimum Gasteiger partial charge on any atom is -0.464 e. The van der Waals surface area contributed by atoms with Crippen LogP contribution in [0.15, 0.2) is 0 Å². The maximum atomic E-state index is 10.9. The van der Waals surface area contributed by atoms with E-state index in [4.69, 9.17) is 23.7 Å². The number of carbonyl (C=O) groups is 1. The Hall–Kier alpha value is -0.690. The molecule has 0 aliphatic heterocycles. The van der Waals surface area contributed by atoms with Gasteiger partial charge in [-0.15, -0.1) is 0 Å². The molecule has 6 heteroatoms. The molecule has 6 nitrogen and oxygen atoms in total. The third-order valence-corrected chi connectivity index (χ3v) is 1.99. The van der Waals surface area contributed by atoms with Crippen molar-refractivity contribution in [3.8, 4) is 0 Å². The largest absolute Gasteiger partial charge is 0.464 e. The van der Waals surface area contributed by atoms with E-state index in [0.29, 0.717) is 46.2 Å². The van der Waals surface area contributed by atoms with Crippen molar-refractivity contribution in [2.75, 3.05) is 59.5 Å². The van der Waals surface area contributed by atoms with Gasteiger partial charge in [-0.2, -0.15) is 0 Å². The fraction of sp³-hybridized carbons (Fsp3) is 0.923. The van der Waals surface area contributed by atoms with Crippen LogP contribution >= 0.6 is 0 Å². The summed E-state index contributed by atoms with van der Waals surface area (Å²) in [5, 5.41) is 0. The lowest BCUT2D eigenvalue weighted by molar-refractivity contribution is -0.149. The molecule has 0 atom stereocenters. The number of carbonyl (C=O) groups excluding carboxylic acids is 1. The first-order valence-electron chi connectivity index (χ1n) is 6.77. The summed E-state index contributed by atoms with van der Waals surface area (Å²) in [5.74, 6) is -0.349. The summed E-state index contributed by atoms with van der Waals surface area (Å²) in [4.78, 5) is 10.9. The molecule has 19 heavy (non-hydrogen) atoms. The predicted octanol–water partition coefficient (Wildman–Crippen LogP) is 1.03. The summed E-state index contributed by atoms with van der Waals surface area (Å²) in [5.41, 5.74) is 0. The normalized spacial score (nSPS) is 10.6. The fourth-order valence-corrected chi connectivity index (χ4v) is 1.16. The zero-order valence-electron chi connectivity index (χ0n) is 12.0. The van der Waals surface area contributed by atoms with Crippen molar-refractivity contribution in [3.05, 3.63) is 0 Å². The molecule has 0 aromatic heterocycles. The molecule has 0 heterocycles. The van der Waals surface area contributed by atoms with Crippen LogP contribution in [0.2, 0.25) is 0 Å². The van der Waals surface area contributed by atoms with E-state index in [1.165, 1.54) is 0 Å². The average molecular weight is 278 g/mol. The average Bonchev–Trinajstić information content (AvgIpc) is 2.40. The van der Waals surface area contributed by atoms with Gasteiger partial charge in [-0.05, 0) is 13.3 Å². The molecule has 0 aliphatic carbocycles. The van der Waals surface area contributed by atoms with E-state index in [1.807, 2.05) is 0 Å². The third-order valence-electron chi connectivity index (χ3n) is 1.99. The van der Waals surface area contributed by atoms with Crippen LogP contribution in [-0.4, -0.2) is 65.4 Å². The lowest BCUT2D eigenvalue weighted by Crippen LogP contribution is -2.16. The Morgan fingerprint density at radius 2 is 1.21 bits per heavy atom. The molecule has 0 aliphatic rings. The SMILES string of the molecule is CCCOCCOCCOCCOCC(=O)OCC. The van der Waals surface area contributed by atoms with E-state index >= 15 is 0 Å². The van der Waals surface area contributed by atoms with Crippen molar-refractivity contribution in [1.29, 1.82) is 0 Å². The van der Waals surface area contributed by atoms with Crippen LogP contribution in [0.4, 0.5) is 0 Å². The first-order chi connectivity index (χ1) is 9.31. The van der Waals surface area contributed by atoms with Crippen LogP contribution < -0.4 is 0 Å². The van der Waals surface area contributed by atoms with Crippen LogP contribution in [-0.2, 0) is 28.5 Å². The van der Waals surface area contributed by atoms with E-state index in [0.717, 1.165) is 13.0 Å². The van der Waals surface area contributed by atoms with Gasteiger partial charge < -0.3 is 23.7 Å². The Balaban J connectivity index is 3.01. The molecule has 114 valence electrons. The number of hydrogen-bond acceptors (Lipinski definition) is 6. The number of hydrogen-bond donors (Lipinski definition) is 0. The standard InChI is InChI=1S/C13H26O6/c1-3-5-15-6-7-16-8-9-17-10-11-18-12-13(14)19-4-2/h3-12H2,1-2H3. The van der Waals surface area contributed by atoms with Crippen LogP contribution in [0.25, 0.3) is 0 Å². The quantitative estimate of drug-likeness (QED) is 0.349. The van der Waals surface area contributed by atoms with Crippen molar-refractivity contribution in [2.45, 2.75) is 20.3 Å². The van der Waals surface area contributed by atoms with Gasteiger partial charge in [0.05, 0.1) is 46.2 Å². The summed E-state index contributed by atoms with van der Waals surface area (Å²) in [6.45, 7) is 8.02. The smallest absolute Gasteiger partial charge is 0.332 e. The minimum atomic E-state index is -0.349. The van der Waals surface area contributed by atoms with Gasteiger partial charge in [0.25, 0.3) is 0 Å². The molecule has 0 aromatic carbocycles. The second kappa shape index (κ2) is 15.4. The molecule has 0 bridgehead atoms. The van der Waals surface area contributed by atoms with Gasteiger partial charge in [-0.1, -0.05) is 6.92 Å². The van der Waals surface area contributed by atoms with Gasteiger partial charge in [-0.3, -0.25) is 0 Å². The Labute approximate surface area is 115 Å². The highest BCUT2D eigenvalue weighted by atomic mass is 16.6. The minimum absolute atomic E-state index is 0.0253. The maximum absolute atomic E-state index is 10.9.